The molecule has 2 saturated carbocycles. The molecule has 0 bridgehead atoms. The van der Waals surface area contributed by atoms with Crippen molar-refractivity contribution in [3.05, 3.63) is 47.8 Å². The summed E-state index contributed by atoms with van der Waals surface area (Å²) in [5, 5.41) is 5.69. The van der Waals surface area contributed by atoms with E-state index >= 15 is 0 Å². The summed E-state index contributed by atoms with van der Waals surface area (Å²) in [7, 11) is -1.77. The Labute approximate surface area is 230 Å². The van der Waals surface area contributed by atoms with Crippen LogP contribution in [-0.2, 0) is 14.6 Å². The van der Waals surface area contributed by atoms with E-state index in [1.807, 2.05) is 41.1 Å². The van der Waals surface area contributed by atoms with E-state index in [0.29, 0.717) is 30.3 Å². The summed E-state index contributed by atoms with van der Waals surface area (Å²) in [6, 6.07) is 11.7. The molecule has 0 unspecified atom stereocenters. The summed E-state index contributed by atoms with van der Waals surface area (Å²) < 4.78 is 33.5. The molecule has 0 atom stereocenters. The van der Waals surface area contributed by atoms with Gasteiger partial charge in [0.15, 0.2) is 21.3 Å². The van der Waals surface area contributed by atoms with Gasteiger partial charge in [0, 0.05) is 32.7 Å². The van der Waals surface area contributed by atoms with Crippen molar-refractivity contribution in [3.63, 3.8) is 0 Å². The number of carbonyl (C=O) groups is 1. The highest BCUT2D eigenvalue weighted by molar-refractivity contribution is 7.92. The van der Waals surface area contributed by atoms with Crippen LogP contribution in [0.1, 0.15) is 79.9 Å². The predicted molar refractivity (Wildman–Crippen MR) is 153 cm³/mol. The number of rotatable bonds is 9. The summed E-state index contributed by atoms with van der Waals surface area (Å²) in [6.45, 7) is 2.45. The number of anilines is 1. The molecule has 3 heterocycles. The molecule has 1 aromatic carbocycles. The summed E-state index contributed by atoms with van der Waals surface area (Å²) in [4.78, 5) is 20.8. The van der Waals surface area contributed by atoms with E-state index in [4.69, 9.17) is 14.8 Å². The molecule has 1 saturated heterocycles. The quantitative estimate of drug-likeness (QED) is 0.343. The molecule has 6 rings (SSSR count). The Kier molecular flexibility index (Phi) is 7.46. The second kappa shape index (κ2) is 11.0. The van der Waals surface area contributed by atoms with Crippen molar-refractivity contribution in [2.75, 3.05) is 37.5 Å². The van der Waals surface area contributed by atoms with Crippen molar-refractivity contribution in [3.8, 4) is 5.69 Å². The molecule has 9 heteroatoms. The van der Waals surface area contributed by atoms with Crippen LogP contribution >= 0.6 is 0 Å². The fraction of sp³-hybridized carbons (Fsp3) is 0.567. The number of fused-ring (bicyclic) bond motifs is 1. The van der Waals surface area contributed by atoms with Crippen molar-refractivity contribution in [2.24, 2.45) is 5.92 Å². The first-order valence-corrected chi connectivity index (χ1v) is 16.1. The highest BCUT2D eigenvalue weighted by Gasteiger charge is 2.34. The van der Waals surface area contributed by atoms with Gasteiger partial charge in [0.2, 0.25) is 0 Å². The van der Waals surface area contributed by atoms with E-state index in [9.17, 15) is 13.2 Å². The SMILES string of the molecule is COCC1CCN(c2cc(C(=O)CS(=O)(=O)C3CCCC3)nc3c2c(C2CCC2)nn3-c2ccccc2)CC1. The van der Waals surface area contributed by atoms with Crippen LogP contribution in [0.5, 0.6) is 0 Å². The fourth-order valence-electron chi connectivity index (χ4n) is 6.43. The van der Waals surface area contributed by atoms with Crippen LogP contribution < -0.4 is 4.90 Å². The number of para-hydroxylation sites is 1. The van der Waals surface area contributed by atoms with Crippen LogP contribution in [0.2, 0.25) is 0 Å². The zero-order chi connectivity index (χ0) is 27.0. The lowest BCUT2D eigenvalue weighted by Gasteiger charge is -2.34. The van der Waals surface area contributed by atoms with Crippen LogP contribution in [0.4, 0.5) is 5.69 Å². The van der Waals surface area contributed by atoms with Crippen LogP contribution in [-0.4, -0.2) is 66.8 Å². The maximum Gasteiger partial charge on any atom is 0.196 e. The van der Waals surface area contributed by atoms with Gasteiger partial charge in [-0.05, 0) is 62.6 Å². The number of aromatic nitrogens is 3. The van der Waals surface area contributed by atoms with Crippen molar-refractivity contribution >= 4 is 32.3 Å². The van der Waals surface area contributed by atoms with Crippen molar-refractivity contribution < 1.29 is 17.9 Å². The number of sulfone groups is 1. The Bertz CT molecular complexity index is 1430. The Balaban J connectivity index is 1.46. The fourth-order valence-corrected chi connectivity index (χ4v) is 8.23. The number of pyridine rings is 1. The predicted octanol–water partition coefficient (Wildman–Crippen LogP) is 5.09. The highest BCUT2D eigenvalue weighted by atomic mass is 32.2. The molecule has 208 valence electrons. The van der Waals surface area contributed by atoms with E-state index in [0.717, 1.165) is 80.7 Å². The standard InChI is InChI=1S/C30H38N4O4S/c1-38-19-21-14-16-33(17-15-21)26-18-25(27(35)20-39(36,37)24-12-5-6-13-24)31-30-28(26)29(22-8-7-9-22)32-34(30)23-10-3-2-4-11-23/h2-4,10-11,18,21-22,24H,5-9,12-17,19-20H2,1H3. The van der Waals surface area contributed by atoms with Crippen molar-refractivity contribution in [1.82, 2.24) is 14.8 Å². The number of nitrogens with zero attached hydrogens (tertiary/aromatic N) is 4. The average Bonchev–Trinajstić information content (AvgIpc) is 3.58. The molecule has 39 heavy (non-hydrogen) atoms. The molecule has 3 aliphatic rings. The Morgan fingerprint density at radius 3 is 2.36 bits per heavy atom. The van der Waals surface area contributed by atoms with E-state index in [-0.39, 0.29) is 5.69 Å². The molecule has 2 aliphatic carbocycles. The largest absolute Gasteiger partial charge is 0.384 e. The third-order valence-electron chi connectivity index (χ3n) is 8.92. The smallest absolute Gasteiger partial charge is 0.196 e. The Morgan fingerprint density at radius 1 is 1.00 bits per heavy atom. The lowest BCUT2D eigenvalue weighted by molar-refractivity contribution is 0.101. The minimum Gasteiger partial charge on any atom is -0.384 e. The van der Waals surface area contributed by atoms with Gasteiger partial charge in [0.1, 0.15) is 11.4 Å². The Morgan fingerprint density at radius 2 is 1.72 bits per heavy atom. The molecule has 2 aromatic heterocycles. The maximum atomic E-state index is 13.6. The zero-order valence-electron chi connectivity index (χ0n) is 22.7. The minimum absolute atomic E-state index is 0.218. The minimum atomic E-state index is -3.52. The number of carbonyl (C=O) groups excluding carboxylic acids is 1. The lowest BCUT2D eigenvalue weighted by atomic mass is 9.81. The second-order valence-electron chi connectivity index (χ2n) is 11.5. The molecular formula is C30H38N4O4S. The topological polar surface area (TPSA) is 94.4 Å². The second-order valence-corrected chi connectivity index (χ2v) is 13.8. The molecule has 8 nitrogen and oxygen atoms in total. The molecule has 3 aromatic rings. The molecular weight excluding hydrogens is 512 g/mol. The Hall–Kier alpha value is -2.78. The summed E-state index contributed by atoms with van der Waals surface area (Å²) in [6.07, 6.45) is 8.49. The average molecular weight is 551 g/mol. The monoisotopic (exact) mass is 550 g/mol. The first-order valence-electron chi connectivity index (χ1n) is 14.4. The number of ether oxygens (including phenoxy) is 1. The third-order valence-corrected chi connectivity index (χ3v) is 11.1. The van der Waals surface area contributed by atoms with Gasteiger partial charge < -0.3 is 9.64 Å². The zero-order valence-corrected chi connectivity index (χ0v) is 23.5. The lowest BCUT2D eigenvalue weighted by Crippen LogP contribution is -2.35. The maximum absolute atomic E-state index is 13.6. The van der Waals surface area contributed by atoms with E-state index in [1.54, 1.807) is 7.11 Å². The van der Waals surface area contributed by atoms with Crippen molar-refractivity contribution in [1.29, 1.82) is 0 Å². The summed E-state index contributed by atoms with van der Waals surface area (Å²) in [5.74, 6) is -0.0291. The van der Waals surface area contributed by atoms with Crippen LogP contribution in [0.3, 0.4) is 0 Å². The molecule has 0 N–H and O–H groups in total. The number of methoxy groups -OCH3 is 1. The molecule has 1 aliphatic heterocycles. The van der Waals surface area contributed by atoms with Gasteiger partial charge in [-0.3, -0.25) is 4.79 Å². The summed E-state index contributed by atoms with van der Waals surface area (Å²) >= 11 is 0. The number of Topliss-reactive ketones (excluding diaryl/α,β-unsaturated/α-hetero) is 1. The third kappa shape index (κ3) is 5.23. The molecule has 3 fully saturated rings. The normalized spacial score (nSPS) is 19.6. The molecule has 0 radical (unpaired) electrons. The van der Waals surface area contributed by atoms with Gasteiger partial charge in [-0.15, -0.1) is 0 Å². The molecule has 0 spiro atoms. The van der Waals surface area contributed by atoms with Crippen LogP contribution in [0.25, 0.3) is 16.7 Å². The van der Waals surface area contributed by atoms with Gasteiger partial charge in [-0.25, -0.2) is 18.1 Å². The van der Waals surface area contributed by atoms with Crippen LogP contribution in [0.15, 0.2) is 36.4 Å². The number of hydrogen-bond donors (Lipinski definition) is 0. The van der Waals surface area contributed by atoms with Gasteiger partial charge >= 0.3 is 0 Å². The molecule has 0 amide bonds. The van der Waals surface area contributed by atoms with Crippen LogP contribution in [0, 0.1) is 5.92 Å². The van der Waals surface area contributed by atoms with Gasteiger partial charge in [0.05, 0.1) is 27.7 Å². The van der Waals surface area contributed by atoms with E-state index in [1.165, 1.54) is 6.42 Å². The van der Waals surface area contributed by atoms with E-state index < -0.39 is 26.6 Å². The first kappa shape index (κ1) is 26.4. The number of hydrogen-bond acceptors (Lipinski definition) is 7. The highest BCUT2D eigenvalue weighted by Crippen LogP contribution is 2.43. The van der Waals surface area contributed by atoms with Crippen molar-refractivity contribution in [2.45, 2.75) is 69.0 Å². The first-order chi connectivity index (χ1) is 18.9. The number of benzene rings is 1. The van der Waals surface area contributed by atoms with Gasteiger partial charge in [-0.2, -0.15) is 5.10 Å². The number of ketones is 1. The van der Waals surface area contributed by atoms with Gasteiger partial charge in [0.25, 0.3) is 0 Å². The van der Waals surface area contributed by atoms with E-state index in [2.05, 4.69) is 4.90 Å². The van der Waals surface area contributed by atoms with Gasteiger partial charge in [-0.1, -0.05) is 37.5 Å². The summed E-state index contributed by atoms with van der Waals surface area (Å²) in [5.41, 5.74) is 3.74. The number of piperidine rings is 1.